The maximum atomic E-state index is 13.8. The number of aryl methyl sites for hydroxylation is 2. The highest BCUT2D eigenvalue weighted by Gasteiger charge is 2.14. The van der Waals surface area contributed by atoms with Crippen LogP contribution < -0.4 is 10.1 Å². The molecular formula is C25H20ClFN2O2. The average molecular weight is 435 g/mol. The number of carbonyl (C=O) groups is 1. The number of benzene rings is 3. The molecule has 31 heavy (non-hydrogen) atoms. The monoisotopic (exact) mass is 434 g/mol. The summed E-state index contributed by atoms with van der Waals surface area (Å²) in [7, 11) is 0. The molecule has 1 amide bonds. The third-order valence-electron chi connectivity index (χ3n) is 4.43. The molecule has 4 nitrogen and oxygen atoms in total. The molecule has 0 unspecified atom stereocenters. The fraction of sp³-hybridized carbons (Fsp3) is 0.120. The lowest BCUT2D eigenvalue weighted by Crippen LogP contribution is -2.14. The standard InChI is InChI=1S/C25H20ClFN2O2/c1-16-9-17(2)11-18(10-16)15-31-24-8-7-21(26)13-19(24)12-20(14-28)25(30)29-23-6-4-3-5-22(23)27/h3-13H,15H2,1-2H3,(H,29,30)/b20-12+. The van der Waals surface area contributed by atoms with Crippen LogP contribution in [0.4, 0.5) is 10.1 Å². The van der Waals surface area contributed by atoms with Crippen molar-refractivity contribution in [2.45, 2.75) is 20.5 Å². The number of hydrogen-bond acceptors (Lipinski definition) is 3. The van der Waals surface area contributed by atoms with Crippen molar-refractivity contribution in [3.8, 4) is 11.8 Å². The SMILES string of the molecule is Cc1cc(C)cc(COc2ccc(Cl)cc2/C=C(\C#N)C(=O)Nc2ccccc2F)c1. The number of hydrogen-bond donors (Lipinski definition) is 1. The van der Waals surface area contributed by atoms with E-state index in [1.807, 2.05) is 32.0 Å². The zero-order chi connectivity index (χ0) is 22.4. The number of halogens is 2. The molecule has 0 aliphatic heterocycles. The molecule has 0 aliphatic carbocycles. The van der Waals surface area contributed by atoms with E-state index in [4.69, 9.17) is 16.3 Å². The molecule has 1 N–H and O–H groups in total. The Morgan fingerprint density at radius 2 is 1.84 bits per heavy atom. The van der Waals surface area contributed by atoms with Crippen molar-refractivity contribution in [2.75, 3.05) is 5.32 Å². The van der Waals surface area contributed by atoms with Crippen molar-refractivity contribution >= 4 is 29.3 Å². The van der Waals surface area contributed by atoms with Crippen LogP contribution in [0.25, 0.3) is 6.08 Å². The summed E-state index contributed by atoms with van der Waals surface area (Å²) < 4.78 is 19.8. The summed E-state index contributed by atoms with van der Waals surface area (Å²) in [6.07, 6.45) is 1.37. The van der Waals surface area contributed by atoms with Crippen LogP contribution in [0.15, 0.2) is 66.2 Å². The van der Waals surface area contributed by atoms with Gasteiger partial charge in [-0.05, 0) is 55.8 Å². The third kappa shape index (κ3) is 5.94. The summed E-state index contributed by atoms with van der Waals surface area (Å²) in [6.45, 7) is 4.34. The van der Waals surface area contributed by atoms with E-state index in [1.165, 1.54) is 24.3 Å². The van der Waals surface area contributed by atoms with Gasteiger partial charge in [-0.3, -0.25) is 4.79 Å². The molecule has 3 rings (SSSR count). The van der Waals surface area contributed by atoms with Crippen molar-refractivity contribution in [1.82, 2.24) is 0 Å². The molecule has 0 fully saturated rings. The van der Waals surface area contributed by atoms with Gasteiger partial charge in [-0.25, -0.2) is 4.39 Å². The second-order valence-corrected chi connectivity index (χ2v) is 7.51. The number of rotatable bonds is 6. The predicted octanol–water partition coefficient (Wildman–Crippen LogP) is 6.22. The van der Waals surface area contributed by atoms with Crippen LogP contribution in [0.5, 0.6) is 5.75 Å². The Morgan fingerprint density at radius 3 is 2.52 bits per heavy atom. The van der Waals surface area contributed by atoms with Gasteiger partial charge in [0.2, 0.25) is 0 Å². The molecule has 0 aromatic heterocycles. The second-order valence-electron chi connectivity index (χ2n) is 7.07. The number of para-hydroxylation sites is 1. The maximum Gasteiger partial charge on any atom is 0.266 e. The van der Waals surface area contributed by atoms with E-state index in [-0.39, 0.29) is 11.3 Å². The average Bonchev–Trinajstić information content (AvgIpc) is 2.72. The lowest BCUT2D eigenvalue weighted by Gasteiger charge is -2.12. The minimum absolute atomic E-state index is 0.00830. The van der Waals surface area contributed by atoms with Crippen molar-refractivity contribution in [1.29, 1.82) is 5.26 Å². The molecule has 0 heterocycles. The number of ether oxygens (including phenoxy) is 1. The minimum atomic E-state index is -0.729. The molecule has 6 heteroatoms. The number of amides is 1. The van der Waals surface area contributed by atoms with Gasteiger partial charge in [0.25, 0.3) is 5.91 Å². The molecule has 0 atom stereocenters. The topological polar surface area (TPSA) is 62.1 Å². The first-order valence-electron chi connectivity index (χ1n) is 9.53. The number of nitrogens with zero attached hydrogens (tertiary/aromatic N) is 1. The van der Waals surface area contributed by atoms with Crippen molar-refractivity contribution in [3.05, 3.63) is 99.3 Å². The van der Waals surface area contributed by atoms with Crippen molar-refractivity contribution < 1.29 is 13.9 Å². The lowest BCUT2D eigenvalue weighted by molar-refractivity contribution is -0.112. The van der Waals surface area contributed by atoms with E-state index in [2.05, 4.69) is 11.4 Å². The molecule has 0 radical (unpaired) electrons. The van der Waals surface area contributed by atoms with Crippen molar-refractivity contribution in [2.24, 2.45) is 0 Å². The Balaban J connectivity index is 1.85. The van der Waals surface area contributed by atoms with Crippen LogP contribution in [0, 0.1) is 31.0 Å². The Morgan fingerprint density at radius 1 is 1.13 bits per heavy atom. The Kier molecular flexibility index (Phi) is 7.07. The van der Waals surface area contributed by atoms with E-state index in [0.29, 0.717) is 22.9 Å². The van der Waals surface area contributed by atoms with Gasteiger partial charge in [0, 0.05) is 10.6 Å². The number of nitrogens with one attached hydrogen (secondary N) is 1. The van der Waals surface area contributed by atoms with Crippen LogP contribution in [0.3, 0.4) is 0 Å². The molecule has 0 bridgehead atoms. The fourth-order valence-electron chi connectivity index (χ4n) is 3.13. The van der Waals surface area contributed by atoms with Crippen LogP contribution in [-0.4, -0.2) is 5.91 Å². The van der Waals surface area contributed by atoms with Gasteiger partial charge in [0.15, 0.2) is 0 Å². The van der Waals surface area contributed by atoms with Crippen LogP contribution >= 0.6 is 11.6 Å². The predicted molar refractivity (Wildman–Crippen MR) is 120 cm³/mol. The summed E-state index contributed by atoms with van der Waals surface area (Å²) in [5.74, 6) is -0.851. The Hall–Kier alpha value is -3.62. The Bertz CT molecular complexity index is 1180. The van der Waals surface area contributed by atoms with E-state index < -0.39 is 11.7 Å². The number of anilines is 1. The highest BCUT2D eigenvalue weighted by molar-refractivity contribution is 6.30. The molecular weight excluding hydrogens is 415 g/mol. The largest absolute Gasteiger partial charge is 0.488 e. The first-order chi connectivity index (χ1) is 14.9. The van der Waals surface area contributed by atoms with Crippen LogP contribution in [-0.2, 0) is 11.4 Å². The van der Waals surface area contributed by atoms with Gasteiger partial charge in [-0.1, -0.05) is 53.1 Å². The number of nitriles is 1. The van der Waals surface area contributed by atoms with Gasteiger partial charge in [-0.2, -0.15) is 5.26 Å². The van der Waals surface area contributed by atoms with E-state index in [9.17, 15) is 14.4 Å². The molecule has 0 aliphatic rings. The van der Waals surface area contributed by atoms with Gasteiger partial charge < -0.3 is 10.1 Å². The van der Waals surface area contributed by atoms with Gasteiger partial charge >= 0.3 is 0 Å². The van der Waals surface area contributed by atoms with Crippen LogP contribution in [0.2, 0.25) is 5.02 Å². The zero-order valence-electron chi connectivity index (χ0n) is 17.1. The molecule has 0 spiro atoms. The molecule has 3 aromatic rings. The normalized spacial score (nSPS) is 11.0. The molecule has 0 saturated heterocycles. The summed E-state index contributed by atoms with van der Waals surface area (Å²) in [5, 5.41) is 12.3. The number of carbonyl (C=O) groups excluding carboxylic acids is 1. The molecule has 3 aromatic carbocycles. The summed E-state index contributed by atoms with van der Waals surface area (Å²) >= 11 is 6.11. The summed E-state index contributed by atoms with van der Waals surface area (Å²) in [5.41, 5.74) is 3.52. The van der Waals surface area contributed by atoms with E-state index in [0.717, 1.165) is 16.7 Å². The Labute approximate surface area is 185 Å². The van der Waals surface area contributed by atoms with Crippen molar-refractivity contribution in [3.63, 3.8) is 0 Å². The maximum absolute atomic E-state index is 13.8. The highest BCUT2D eigenvalue weighted by Crippen LogP contribution is 2.27. The van der Waals surface area contributed by atoms with Gasteiger partial charge in [-0.15, -0.1) is 0 Å². The fourth-order valence-corrected chi connectivity index (χ4v) is 3.31. The highest BCUT2D eigenvalue weighted by atomic mass is 35.5. The first-order valence-corrected chi connectivity index (χ1v) is 9.90. The van der Waals surface area contributed by atoms with E-state index in [1.54, 1.807) is 24.3 Å². The van der Waals surface area contributed by atoms with Gasteiger partial charge in [0.05, 0.1) is 5.69 Å². The zero-order valence-corrected chi connectivity index (χ0v) is 17.8. The summed E-state index contributed by atoms with van der Waals surface area (Å²) in [6, 6.07) is 18.7. The smallest absolute Gasteiger partial charge is 0.266 e. The molecule has 156 valence electrons. The van der Waals surface area contributed by atoms with Crippen LogP contribution in [0.1, 0.15) is 22.3 Å². The molecule has 0 saturated carbocycles. The third-order valence-corrected chi connectivity index (χ3v) is 4.67. The minimum Gasteiger partial charge on any atom is -0.488 e. The quantitative estimate of drug-likeness (QED) is 0.370. The second kappa shape index (κ2) is 9.92. The summed E-state index contributed by atoms with van der Waals surface area (Å²) in [4.78, 5) is 12.5. The van der Waals surface area contributed by atoms with Gasteiger partial charge in [0.1, 0.15) is 29.8 Å². The first kappa shape index (κ1) is 22.1. The van der Waals surface area contributed by atoms with E-state index >= 15 is 0 Å². The lowest BCUT2D eigenvalue weighted by atomic mass is 10.1.